The van der Waals surface area contributed by atoms with Crippen molar-refractivity contribution in [2.45, 2.75) is 13.8 Å². The standard InChI is InChI=1S/C9H11NO3/c1-5-4-7(11)8(6(2)10-3)9(12)13-5/h4,11H,1-3H3. The summed E-state index contributed by atoms with van der Waals surface area (Å²) in [5.74, 6) is 0.298. The number of hydrogen-bond acceptors (Lipinski definition) is 4. The minimum atomic E-state index is -0.555. The van der Waals surface area contributed by atoms with Crippen LogP contribution in [-0.4, -0.2) is 17.9 Å². The van der Waals surface area contributed by atoms with Crippen molar-refractivity contribution < 1.29 is 9.52 Å². The number of rotatable bonds is 1. The molecule has 0 amide bonds. The normalized spacial score (nSPS) is 11.8. The van der Waals surface area contributed by atoms with E-state index in [0.29, 0.717) is 11.5 Å². The maximum absolute atomic E-state index is 11.3. The Bertz CT molecular complexity index is 404. The first-order chi connectivity index (χ1) is 6.06. The predicted molar refractivity (Wildman–Crippen MR) is 49.5 cm³/mol. The van der Waals surface area contributed by atoms with E-state index in [2.05, 4.69) is 4.99 Å². The fourth-order valence-electron chi connectivity index (χ4n) is 1.04. The summed E-state index contributed by atoms with van der Waals surface area (Å²) < 4.78 is 4.82. The Morgan fingerprint density at radius 3 is 2.69 bits per heavy atom. The second-order valence-electron chi connectivity index (χ2n) is 2.71. The van der Waals surface area contributed by atoms with Gasteiger partial charge in [-0.2, -0.15) is 0 Å². The SMILES string of the molecule is CN=C(C)c1c(O)cc(C)oc1=O. The van der Waals surface area contributed by atoms with Crippen LogP contribution < -0.4 is 5.63 Å². The van der Waals surface area contributed by atoms with Gasteiger partial charge in [0.15, 0.2) is 0 Å². The summed E-state index contributed by atoms with van der Waals surface area (Å²) in [6, 6.07) is 1.39. The Morgan fingerprint density at radius 2 is 2.23 bits per heavy atom. The van der Waals surface area contributed by atoms with E-state index in [9.17, 15) is 9.90 Å². The highest BCUT2D eigenvalue weighted by Crippen LogP contribution is 2.14. The van der Waals surface area contributed by atoms with E-state index in [1.54, 1.807) is 20.9 Å². The highest BCUT2D eigenvalue weighted by Gasteiger charge is 2.11. The Hall–Kier alpha value is -1.58. The molecule has 0 saturated carbocycles. The van der Waals surface area contributed by atoms with E-state index >= 15 is 0 Å². The lowest BCUT2D eigenvalue weighted by molar-refractivity contribution is 0.432. The molecule has 0 saturated heterocycles. The van der Waals surface area contributed by atoms with Gasteiger partial charge in [0.1, 0.15) is 17.1 Å². The van der Waals surface area contributed by atoms with Gasteiger partial charge < -0.3 is 9.52 Å². The minimum absolute atomic E-state index is 0.0862. The second kappa shape index (κ2) is 3.43. The van der Waals surface area contributed by atoms with Crippen molar-refractivity contribution >= 4 is 5.71 Å². The number of nitrogens with zero attached hydrogens (tertiary/aromatic N) is 1. The van der Waals surface area contributed by atoms with E-state index in [0.717, 1.165) is 0 Å². The lowest BCUT2D eigenvalue weighted by atomic mass is 10.2. The van der Waals surface area contributed by atoms with Crippen LogP contribution in [0, 0.1) is 6.92 Å². The summed E-state index contributed by atoms with van der Waals surface area (Å²) in [5.41, 5.74) is 0.0416. The maximum Gasteiger partial charge on any atom is 0.348 e. The van der Waals surface area contributed by atoms with E-state index in [1.165, 1.54) is 6.07 Å². The van der Waals surface area contributed by atoms with Crippen LogP contribution in [0.5, 0.6) is 5.75 Å². The van der Waals surface area contributed by atoms with Gasteiger partial charge in [-0.1, -0.05) is 0 Å². The van der Waals surface area contributed by atoms with Gasteiger partial charge in [-0.05, 0) is 13.8 Å². The highest BCUT2D eigenvalue weighted by atomic mass is 16.4. The van der Waals surface area contributed by atoms with Crippen LogP contribution in [0.2, 0.25) is 0 Å². The van der Waals surface area contributed by atoms with Gasteiger partial charge >= 0.3 is 5.63 Å². The van der Waals surface area contributed by atoms with E-state index in [1.807, 2.05) is 0 Å². The molecule has 1 heterocycles. The zero-order valence-corrected chi connectivity index (χ0v) is 7.79. The molecule has 70 valence electrons. The molecule has 0 unspecified atom stereocenters. The molecule has 0 aliphatic heterocycles. The molecule has 0 aromatic carbocycles. The van der Waals surface area contributed by atoms with Gasteiger partial charge in [0.25, 0.3) is 0 Å². The fraction of sp³-hybridized carbons (Fsp3) is 0.333. The van der Waals surface area contributed by atoms with Crippen LogP contribution in [0.1, 0.15) is 18.2 Å². The molecule has 0 bridgehead atoms. The number of aromatic hydroxyl groups is 1. The molecule has 0 radical (unpaired) electrons. The van der Waals surface area contributed by atoms with Gasteiger partial charge in [0.05, 0.1) is 0 Å². The average molecular weight is 181 g/mol. The lowest BCUT2D eigenvalue weighted by Crippen LogP contribution is -2.12. The molecule has 1 aromatic rings. The first kappa shape index (κ1) is 9.51. The summed E-state index contributed by atoms with van der Waals surface area (Å²) in [5, 5.41) is 9.43. The molecule has 0 fully saturated rings. The Morgan fingerprint density at radius 1 is 1.62 bits per heavy atom. The van der Waals surface area contributed by atoms with Crippen LogP contribution in [-0.2, 0) is 0 Å². The zero-order valence-electron chi connectivity index (χ0n) is 7.79. The quantitative estimate of drug-likeness (QED) is 0.659. The molecule has 1 N–H and O–H groups in total. The first-order valence-electron chi connectivity index (χ1n) is 3.83. The van der Waals surface area contributed by atoms with Crippen molar-refractivity contribution in [3.63, 3.8) is 0 Å². The van der Waals surface area contributed by atoms with E-state index in [4.69, 9.17) is 4.42 Å². The lowest BCUT2D eigenvalue weighted by Gasteiger charge is -2.01. The van der Waals surface area contributed by atoms with Crippen LogP contribution in [0.3, 0.4) is 0 Å². The Kier molecular flexibility index (Phi) is 2.51. The molecular formula is C9H11NO3. The van der Waals surface area contributed by atoms with Crippen LogP contribution in [0.4, 0.5) is 0 Å². The van der Waals surface area contributed by atoms with Crippen LogP contribution in [0.15, 0.2) is 20.3 Å². The van der Waals surface area contributed by atoms with Crippen LogP contribution in [0.25, 0.3) is 0 Å². The molecule has 4 nitrogen and oxygen atoms in total. The molecule has 0 atom stereocenters. The summed E-state index contributed by atoms with van der Waals surface area (Å²) >= 11 is 0. The number of aliphatic imine (C=N–C) groups is 1. The molecule has 4 heteroatoms. The summed E-state index contributed by atoms with van der Waals surface area (Å²) in [7, 11) is 1.55. The third-order valence-electron chi connectivity index (χ3n) is 1.75. The maximum atomic E-state index is 11.3. The van der Waals surface area contributed by atoms with Crippen molar-refractivity contribution in [2.24, 2.45) is 4.99 Å². The molecule has 0 aliphatic carbocycles. The topological polar surface area (TPSA) is 62.8 Å². The third kappa shape index (κ3) is 1.77. The van der Waals surface area contributed by atoms with Gasteiger partial charge in [0.2, 0.25) is 0 Å². The van der Waals surface area contributed by atoms with Gasteiger partial charge in [0, 0.05) is 18.8 Å². The average Bonchev–Trinajstić information content (AvgIpc) is 2.02. The Labute approximate surface area is 75.5 Å². The zero-order chi connectivity index (χ0) is 10.0. The smallest absolute Gasteiger partial charge is 0.348 e. The molecule has 13 heavy (non-hydrogen) atoms. The summed E-state index contributed by atoms with van der Waals surface area (Å²) in [6.07, 6.45) is 0. The monoisotopic (exact) mass is 181 g/mol. The second-order valence-corrected chi connectivity index (χ2v) is 2.71. The van der Waals surface area contributed by atoms with Gasteiger partial charge in [-0.3, -0.25) is 4.99 Å². The van der Waals surface area contributed by atoms with E-state index in [-0.39, 0.29) is 11.3 Å². The summed E-state index contributed by atoms with van der Waals surface area (Å²) in [6.45, 7) is 3.24. The van der Waals surface area contributed by atoms with Crippen molar-refractivity contribution in [2.75, 3.05) is 7.05 Å². The van der Waals surface area contributed by atoms with Crippen molar-refractivity contribution in [1.82, 2.24) is 0 Å². The molecular weight excluding hydrogens is 170 g/mol. The third-order valence-corrected chi connectivity index (χ3v) is 1.75. The minimum Gasteiger partial charge on any atom is -0.507 e. The Balaban J connectivity index is 3.47. The predicted octanol–water partition coefficient (Wildman–Crippen LogP) is 1.09. The first-order valence-corrected chi connectivity index (χ1v) is 3.83. The molecule has 0 spiro atoms. The highest BCUT2D eigenvalue weighted by molar-refractivity contribution is 6.00. The number of aryl methyl sites for hydroxylation is 1. The van der Waals surface area contributed by atoms with Crippen molar-refractivity contribution in [3.05, 3.63) is 27.8 Å². The number of hydrogen-bond donors (Lipinski definition) is 1. The van der Waals surface area contributed by atoms with Crippen molar-refractivity contribution in [1.29, 1.82) is 0 Å². The summed E-state index contributed by atoms with van der Waals surface area (Å²) in [4.78, 5) is 15.1. The molecule has 1 rings (SSSR count). The van der Waals surface area contributed by atoms with Gasteiger partial charge in [-0.15, -0.1) is 0 Å². The van der Waals surface area contributed by atoms with Crippen LogP contribution >= 0.6 is 0 Å². The molecule has 0 aliphatic rings. The fourth-order valence-corrected chi connectivity index (χ4v) is 1.04. The largest absolute Gasteiger partial charge is 0.507 e. The van der Waals surface area contributed by atoms with E-state index < -0.39 is 5.63 Å². The molecule has 1 aromatic heterocycles. The van der Waals surface area contributed by atoms with Crippen molar-refractivity contribution in [3.8, 4) is 5.75 Å². The van der Waals surface area contributed by atoms with Gasteiger partial charge in [-0.25, -0.2) is 4.79 Å².